The summed E-state index contributed by atoms with van der Waals surface area (Å²) in [5, 5.41) is 0. The SMILES string of the molecule is COCC1=CO[CH]C(COC)=C1COC. The van der Waals surface area contributed by atoms with Crippen molar-refractivity contribution in [3.8, 4) is 0 Å². The minimum atomic E-state index is 0.514. The fourth-order valence-corrected chi connectivity index (χ4v) is 1.43. The highest BCUT2D eigenvalue weighted by atomic mass is 16.5. The Morgan fingerprint density at radius 2 is 1.67 bits per heavy atom. The smallest absolute Gasteiger partial charge is 0.162 e. The van der Waals surface area contributed by atoms with Crippen LogP contribution in [0.3, 0.4) is 0 Å². The number of rotatable bonds is 6. The van der Waals surface area contributed by atoms with E-state index in [4.69, 9.17) is 18.9 Å². The predicted octanol–water partition coefficient (Wildman–Crippen LogP) is 1.30. The number of hydrogen-bond donors (Lipinski definition) is 0. The van der Waals surface area contributed by atoms with E-state index in [-0.39, 0.29) is 0 Å². The Bertz CT molecular complexity index is 255. The number of ether oxygens (including phenoxy) is 4. The molecule has 15 heavy (non-hydrogen) atoms. The van der Waals surface area contributed by atoms with Crippen molar-refractivity contribution in [2.75, 3.05) is 41.2 Å². The van der Waals surface area contributed by atoms with Gasteiger partial charge in [0.25, 0.3) is 0 Å². The molecule has 0 amide bonds. The second-order valence-electron chi connectivity index (χ2n) is 3.20. The van der Waals surface area contributed by atoms with E-state index in [0.29, 0.717) is 19.8 Å². The van der Waals surface area contributed by atoms with Crippen molar-refractivity contribution < 1.29 is 18.9 Å². The van der Waals surface area contributed by atoms with Crippen LogP contribution in [0.1, 0.15) is 0 Å². The van der Waals surface area contributed by atoms with Crippen LogP contribution < -0.4 is 0 Å². The summed E-state index contributed by atoms with van der Waals surface area (Å²) in [5.41, 5.74) is 3.07. The summed E-state index contributed by atoms with van der Waals surface area (Å²) in [4.78, 5) is 0. The largest absolute Gasteiger partial charge is 0.489 e. The van der Waals surface area contributed by atoms with Crippen LogP contribution in [0.15, 0.2) is 23.0 Å². The normalized spacial score (nSPS) is 16.3. The molecular weight excluding hydrogens is 196 g/mol. The third kappa shape index (κ3) is 3.34. The van der Waals surface area contributed by atoms with E-state index < -0.39 is 0 Å². The Labute approximate surface area is 90.5 Å². The van der Waals surface area contributed by atoms with E-state index in [1.54, 1.807) is 34.2 Å². The van der Waals surface area contributed by atoms with Gasteiger partial charge in [0.15, 0.2) is 6.61 Å². The van der Waals surface area contributed by atoms with Gasteiger partial charge >= 0.3 is 0 Å². The molecule has 1 radical (unpaired) electrons. The molecule has 0 aliphatic carbocycles. The molecule has 85 valence electrons. The maximum Gasteiger partial charge on any atom is 0.162 e. The van der Waals surface area contributed by atoms with E-state index in [1.165, 1.54) is 0 Å². The minimum absolute atomic E-state index is 0.514. The molecule has 0 atom stereocenters. The zero-order chi connectivity index (χ0) is 11.1. The first kappa shape index (κ1) is 12.2. The van der Waals surface area contributed by atoms with Gasteiger partial charge in [0, 0.05) is 32.5 Å². The molecule has 0 saturated carbocycles. The van der Waals surface area contributed by atoms with E-state index in [1.807, 2.05) is 0 Å². The van der Waals surface area contributed by atoms with Crippen molar-refractivity contribution in [3.05, 3.63) is 29.6 Å². The molecule has 0 aromatic rings. The third-order valence-corrected chi connectivity index (χ3v) is 2.08. The lowest BCUT2D eigenvalue weighted by atomic mass is 10.0. The number of methoxy groups -OCH3 is 3. The van der Waals surface area contributed by atoms with E-state index in [2.05, 4.69) is 0 Å². The lowest BCUT2D eigenvalue weighted by Crippen LogP contribution is -2.14. The van der Waals surface area contributed by atoms with Crippen LogP contribution >= 0.6 is 0 Å². The standard InChI is InChI=1S/C11H17O4/c1-12-4-9-6-15-7-10(5-13-2)11(9)8-14-3/h6-7H,4-5,8H2,1-3H3. The van der Waals surface area contributed by atoms with Crippen molar-refractivity contribution in [2.24, 2.45) is 0 Å². The molecule has 1 aliphatic heterocycles. The second-order valence-corrected chi connectivity index (χ2v) is 3.20. The van der Waals surface area contributed by atoms with Crippen LogP contribution in [0.2, 0.25) is 0 Å². The van der Waals surface area contributed by atoms with E-state index in [0.717, 1.165) is 16.7 Å². The zero-order valence-corrected chi connectivity index (χ0v) is 9.41. The summed E-state index contributed by atoms with van der Waals surface area (Å²) in [7, 11) is 4.97. The Morgan fingerprint density at radius 1 is 1.00 bits per heavy atom. The maximum absolute atomic E-state index is 5.22. The van der Waals surface area contributed by atoms with Crippen LogP contribution in [0, 0.1) is 6.61 Å². The highest BCUT2D eigenvalue weighted by Crippen LogP contribution is 2.23. The molecule has 0 N–H and O–H groups in total. The van der Waals surface area contributed by atoms with Crippen molar-refractivity contribution in [1.29, 1.82) is 0 Å². The van der Waals surface area contributed by atoms with Crippen LogP contribution in [0.4, 0.5) is 0 Å². The summed E-state index contributed by atoms with van der Waals surface area (Å²) in [6.45, 7) is 3.24. The van der Waals surface area contributed by atoms with Gasteiger partial charge < -0.3 is 18.9 Å². The first-order chi connectivity index (χ1) is 7.33. The Balaban J connectivity index is 2.81. The van der Waals surface area contributed by atoms with E-state index >= 15 is 0 Å². The molecule has 1 rings (SSSR count). The van der Waals surface area contributed by atoms with Crippen LogP contribution in [-0.4, -0.2) is 41.2 Å². The lowest BCUT2D eigenvalue weighted by Gasteiger charge is -2.20. The summed E-state index contributed by atoms with van der Waals surface area (Å²) in [6.07, 6.45) is 1.68. The topological polar surface area (TPSA) is 36.9 Å². The van der Waals surface area contributed by atoms with Crippen molar-refractivity contribution in [1.82, 2.24) is 0 Å². The molecule has 4 heteroatoms. The first-order valence-electron chi connectivity index (χ1n) is 4.70. The number of hydrogen-bond acceptors (Lipinski definition) is 4. The third-order valence-electron chi connectivity index (χ3n) is 2.08. The summed E-state index contributed by atoms with van der Waals surface area (Å²) in [6, 6.07) is 0. The average Bonchev–Trinajstić information content (AvgIpc) is 2.23. The van der Waals surface area contributed by atoms with Crippen molar-refractivity contribution in [3.63, 3.8) is 0 Å². The van der Waals surface area contributed by atoms with Crippen LogP contribution in [0.5, 0.6) is 0 Å². The summed E-state index contributed by atoms with van der Waals surface area (Å²) < 4.78 is 20.5. The molecule has 1 heterocycles. The van der Waals surface area contributed by atoms with Gasteiger partial charge in [-0.3, -0.25) is 0 Å². The molecule has 0 fully saturated rings. The van der Waals surface area contributed by atoms with Gasteiger partial charge in [0.2, 0.25) is 0 Å². The van der Waals surface area contributed by atoms with Crippen LogP contribution in [-0.2, 0) is 18.9 Å². The molecule has 1 aliphatic rings. The molecule has 0 saturated heterocycles. The highest BCUT2D eigenvalue weighted by molar-refractivity contribution is 5.40. The molecule has 0 bridgehead atoms. The quantitative estimate of drug-likeness (QED) is 0.666. The highest BCUT2D eigenvalue weighted by Gasteiger charge is 2.17. The lowest BCUT2D eigenvalue weighted by molar-refractivity contribution is 0.187. The average molecular weight is 213 g/mol. The molecule has 0 unspecified atom stereocenters. The van der Waals surface area contributed by atoms with Gasteiger partial charge in [-0.1, -0.05) is 0 Å². The van der Waals surface area contributed by atoms with Crippen LogP contribution in [0.25, 0.3) is 0 Å². The predicted molar refractivity (Wildman–Crippen MR) is 56.1 cm³/mol. The Hall–Kier alpha value is -0.840. The van der Waals surface area contributed by atoms with Crippen molar-refractivity contribution in [2.45, 2.75) is 0 Å². The molecule has 0 aromatic heterocycles. The zero-order valence-electron chi connectivity index (χ0n) is 9.41. The minimum Gasteiger partial charge on any atom is -0.489 e. The van der Waals surface area contributed by atoms with Gasteiger partial charge in [-0.2, -0.15) is 0 Å². The van der Waals surface area contributed by atoms with Gasteiger partial charge in [-0.15, -0.1) is 0 Å². The van der Waals surface area contributed by atoms with Crippen molar-refractivity contribution >= 4 is 0 Å². The van der Waals surface area contributed by atoms with Gasteiger partial charge in [-0.25, -0.2) is 0 Å². The van der Waals surface area contributed by atoms with E-state index in [9.17, 15) is 0 Å². The summed E-state index contributed by atoms with van der Waals surface area (Å²) in [5.74, 6) is 0. The molecule has 0 spiro atoms. The van der Waals surface area contributed by atoms with Gasteiger partial charge in [0.1, 0.15) is 0 Å². The van der Waals surface area contributed by atoms with Gasteiger partial charge in [-0.05, 0) is 5.57 Å². The monoisotopic (exact) mass is 213 g/mol. The Morgan fingerprint density at radius 3 is 2.27 bits per heavy atom. The van der Waals surface area contributed by atoms with Gasteiger partial charge in [0.05, 0.1) is 26.1 Å². The molecule has 0 aromatic carbocycles. The molecular formula is C11H17O4. The summed E-state index contributed by atoms with van der Waals surface area (Å²) >= 11 is 0. The Kier molecular flexibility index (Phi) is 5.39. The second kappa shape index (κ2) is 6.61. The first-order valence-corrected chi connectivity index (χ1v) is 4.70. The fraction of sp³-hybridized carbons (Fsp3) is 0.545. The maximum atomic E-state index is 5.22. The fourth-order valence-electron chi connectivity index (χ4n) is 1.43. The molecule has 4 nitrogen and oxygen atoms in total.